The number of thiocarbonyl (C=S) groups is 1. The molecule has 0 aliphatic carbocycles. The number of ether oxygens (including phenoxy) is 1. The van der Waals surface area contributed by atoms with E-state index in [2.05, 4.69) is 45.6 Å². The Balaban J connectivity index is 1.70. The number of rotatable bonds is 7. The Morgan fingerprint density at radius 1 is 1.07 bits per heavy atom. The fraction of sp³-hybridized carbons (Fsp3) is 0.241. The molecule has 0 bridgehead atoms. The van der Waals surface area contributed by atoms with Crippen molar-refractivity contribution in [3.63, 3.8) is 0 Å². The van der Waals surface area contributed by atoms with Gasteiger partial charge in [0.25, 0.3) is 0 Å². The largest absolute Gasteiger partial charge is 0.495 e. The van der Waals surface area contributed by atoms with E-state index < -0.39 is 10.0 Å². The van der Waals surface area contributed by atoms with Gasteiger partial charge in [0.1, 0.15) is 5.75 Å². The highest BCUT2D eigenvalue weighted by atomic mass is 35.5. The quantitative estimate of drug-likeness (QED) is 0.253. The third-order valence-corrected chi connectivity index (χ3v) is 8.44. The van der Waals surface area contributed by atoms with Crippen LogP contribution in [0.1, 0.15) is 40.3 Å². The lowest BCUT2D eigenvalue weighted by molar-refractivity contribution is 0.417. The number of pyridine rings is 1. The van der Waals surface area contributed by atoms with Crippen LogP contribution in [0.2, 0.25) is 5.02 Å². The van der Waals surface area contributed by atoms with Gasteiger partial charge < -0.3 is 19.5 Å². The summed E-state index contributed by atoms with van der Waals surface area (Å²) in [5.41, 5.74) is 6.99. The summed E-state index contributed by atoms with van der Waals surface area (Å²) >= 11 is 12.4. The molecule has 0 amide bonds. The maximum atomic E-state index is 12.1. The first-order valence-corrected chi connectivity index (χ1v) is 15.3. The van der Waals surface area contributed by atoms with E-state index in [1.165, 1.54) is 7.11 Å². The van der Waals surface area contributed by atoms with Gasteiger partial charge in [-0.3, -0.25) is 9.71 Å². The monoisotopic (exact) mass is 595 g/mol. The SMILES string of the molecule is COc1ccc(N2C(=S)N[C@H](c3ccccn3)[C@@H]2c2cc(C)n(-c3cccc(Cl)c3C)c2C)cc1NS(C)(=O)=O. The van der Waals surface area contributed by atoms with Gasteiger partial charge in [-0.1, -0.05) is 23.7 Å². The molecule has 8 nitrogen and oxygen atoms in total. The minimum Gasteiger partial charge on any atom is -0.495 e. The van der Waals surface area contributed by atoms with Crippen molar-refractivity contribution in [3.05, 3.63) is 100 Å². The fourth-order valence-electron chi connectivity index (χ4n) is 5.37. The molecular weight excluding hydrogens is 566 g/mol. The van der Waals surface area contributed by atoms with Crippen LogP contribution in [0.15, 0.2) is 66.9 Å². The minimum absolute atomic E-state index is 0.267. The van der Waals surface area contributed by atoms with Crippen molar-refractivity contribution in [1.29, 1.82) is 0 Å². The van der Waals surface area contributed by atoms with Gasteiger partial charge in [0.15, 0.2) is 5.11 Å². The van der Waals surface area contributed by atoms with Gasteiger partial charge >= 0.3 is 0 Å². The first-order valence-electron chi connectivity index (χ1n) is 12.6. The number of hydrogen-bond donors (Lipinski definition) is 2. The molecule has 2 N–H and O–H groups in total. The molecule has 0 spiro atoms. The summed E-state index contributed by atoms with van der Waals surface area (Å²) in [5.74, 6) is 0.402. The second-order valence-corrected chi connectivity index (χ2v) is 12.3. The zero-order valence-corrected chi connectivity index (χ0v) is 25.2. The standard InChI is InChI=1S/C29H30ClN5O3S2/c1-17-15-21(19(3)34(17)25-11-8-9-22(30)18(25)2)28-27(23-10-6-7-14-31-23)32-29(39)35(28)20-12-13-26(38-4)24(16-20)33-40(5,36)37/h6-16,27-28,33H,1-5H3,(H,32,39)/t27-,28+/m1/s1. The number of anilines is 2. The number of aromatic nitrogens is 2. The smallest absolute Gasteiger partial charge is 0.229 e. The average Bonchev–Trinajstić information content (AvgIpc) is 3.40. The van der Waals surface area contributed by atoms with Crippen molar-refractivity contribution in [1.82, 2.24) is 14.9 Å². The summed E-state index contributed by atoms with van der Waals surface area (Å²) in [6.07, 6.45) is 2.87. The van der Waals surface area contributed by atoms with E-state index in [1.807, 2.05) is 48.2 Å². The van der Waals surface area contributed by atoms with Crippen LogP contribution in [0.4, 0.5) is 11.4 Å². The number of hydrogen-bond acceptors (Lipinski definition) is 5. The third kappa shape index (κ3) is 5.14. The summed E-state index contributed by atoms with van der Waals surface area (Å²) in [4.78, 5) is 6.66. The van der Waals surface area contributed by atoms with Crippen LogP contribution in [-0.2, 0) is 10.0 Å². The number of methoxy groups -OCH3 is 1. The fourth-order valence-corrected chi connectivity index (χ4v) is 6.44. The summed E-state index contributed by atoms with van der Waals surface area (Å²) in [5, 5.41) is 4.68. The second-order valence-electron chi connectivity index (χ2n) is 9.80. The van der Waals surface area contributed by atoms with Gasteiger partial charge in [-0.2, -0.15) is 0 Å². The Kier molecular flexibility index (Phi) is 7.52. The minimum atomic E-state index is -3.55. The molecular formula is C29H30ClN5O3S2. The third-order valence-electron chi connectivity index (χ3n) is 7.12. The van der Waals surface area contributed by atoms with Crippen LogP contribution in [0, 0.1) is 20.8 Å². The molecule has 208 valence electrons. The molecule has 2 aromatic carbocycles. The first-order chi connectivity index (χ1) is 19.0. The molecule has 40 heavy (non-hydrogen) atoms. The highest BCUT2D eigenvalue weighted by Gasteiger charge is 2.42. The Hall–Kier alpha value is -3.60. The molecule has 5 rings (SSSR count). The van der Waals surface area contributed by atoms with E-state index >= 15 is 0 Å². The van der Waals surface area contributed by atoms with Gasteiger partial charge in [0.2, 0.25) is 10.0 Å². The summed E-state index contributed by atoms with van der Waals surface area (Å²) in [6.45, 7) is 6.17. The zero-order chi connectivity index (χ0) is 28.8. The van der Waals surface area contributed by atoms with E-state index in [0.29, 0.717) is 27.3 Å². The normalized spacial score (nSPS) is 17.1. The molecule has 0 unspecified atom stereocenters. The summed E-state index contributed by atoms with van der Waals surface area (Å²) < 4.78 is 34.4. The summed E-state index contributed by atoms with van der Waals surface area (Å²) in [6, 6.07) is 18.6. The van der Waals surface area contributed by atoms with Crippen LogP contribution in [0.5, 0.6) is 5.75 Å². The van der Waals surface area contributed by atoms with Crippen LogP contribution < -0.4 is 19.7 Å². The molecule has 1 fully saturated rings. The van der Waals surface area contributed by atoms with Gasteiger partial charge in [0.05, 0.1) is 36.8 Å². The van der Waals surface area contributed by atoms with Crippen molar-refractivity contribution in [3.8, 4) is 11.4 Å². The van der Waals surface area contributed by atoms with E-state index in [9.17, 15) is 8.42 Å². The molecule has 2 aromatic heterocycles. The Bertz CT molecular complexity index is 1710. The maximum Gasteiger partial charge on any atom is 0.229 e. The highest BCUT2D eigenvalue weighted by molar-refractivity contribution is 7.92. The Morgan fingerprint density at radius 2 is 1.85 bits per heavy atom. The summed E-state index contributed by atoms with van der Waals surface area (Å²) in [7, 11) is -2.05. The Morgan fingerprint density at radius 3 is 2.52 bits per heavy atom. The first kappa shape index (κ1) is 27.9. The molecule has 1 aliphatic heterocycles. The molecule has 0 saturated carbocycles. The van der Waals surface area contributed by atoms with E-state index in [4.69, 9.17) is 28.6 Å². The molecule has 1 aliphatic rings. The molecule has 2 atom stereocenters. The van der Waals surface area contributed by atoms with Crippen LogP contribution in [0.3, 0.4) is 0 Å². The van der Waals surface area contributed by atoms with Crippen molar-refractivity contribution < 1.29 is 13.2 Å². The second kappa shape index (κ2) is 10.8. The number of nitrogens with one attached hydrogen (secondary N) is 2. The average molecular weight is 596 g/mol. The van der Waals surface area contributed by atoms with E-state index in [0.717, 1.165) is 40.2 Å². The highest BCUT2D eigenvalue weighted by Crippen LogP contribution is 2.45. The lowest BCUT2D eigenvalue weighted by atomic mass is 9.96. The van der Waals surface area contributed by atoms with Gasteiger partial charge in [-0.15, -0.1) is 0 Å². The zero-order valence-electron chi connectivity index (χ0n) is 22.8. The van der Waals surface area contributed by atoms with Crippen molar-refractivity contribution >= 4 is 50.3 Å². The molecule has 1 saturated heterocycles. The predicted molar refractivity (Wildman–Crippen MR) is 164 cm³/mol. The van der Waals surface area contributed by atoms with Gasteiger partial charge in [-0.05, 0) is 92.6 Å². The van der Waals surface area contributed by atoms with Crippen LogP contribution in [-0.4, -0.2) is 36.4 Å². The van der Waals surface area contributed by atoms with Crippen molar-refractivity contribution in [2.75, 3.05) is 23.0 Å². The number of nitrogens with zero attached hydrogens (tertiary/aromatic N) is 3. The molecule has 0 radical (unpaired) electrons. The lowest BCUT2D eigenvalue weighted by Crippen LogP contribution is -2.29. The number of benzene rings is 2. The van der Waals surface area contributed by atoms with Crippen molar-refractivity contribution in [2.24, 2.45) is 0 Å². The maximum absolute atomic E-state index is 12.1. The van der Waals surface area contributed by atoms with E-state index in [1.54, 1.807) is 18.3 Å². The predicted octanol–water partition coefficient (Wildman–Crippen LogP) is 6.01. The van der Waals surface area contributed by atoms with Crippen LogP contribution >= 0.6 is 23.8 Å². The van der Waals surface area contributed by atoms with E-state index in [-0.39, 0.29) is 12.1 Å². The number of sulfonamides is 1. The topological polar surface area (TPSA) is 88.5 Å². The van der Waals surface area contributed by atoms with Crippen LogP contribution in [0.25, 0.3) is 5.69 Å². The molecule has 3 heterocycles. The lowest BCUT2D eigenvalue weighted by Gasteiger charge is -2.29. The van der Waals surface area contributed by atoms with Gasteiger partial charge in [-0.25, -0.2) is 8.42 Å². The number of halogens is 1. The number of aryl methyl sites for hydroxylation is 1. The molecule has 4 aromatic rings. The van der Waals surface area contributed by atoms with Crippen molar-refractivity contribution in [2.45, 2.75) is 32.9 Å². The Labute approximate surface area is 245 Å². The molecule has 11 heteroatoms. The van der Waals surface area contributed by atoms with Gasteiger partial charge in [0, 0.05) is 34.0 Å².